The maximum Gasteiger partial charge on any atom is 0.0652 e. The van der Waals surface area contributed by atoms with Crippen LogP contribution < -0.4 is 5.32 Å². The van der Waals surface area contributed by atoms with Crippen molar-refractivity contribution in [2.75, 3.05) is 0 Å². The van der Waals surface area contributed by atoms with Crippen molar-refractivity contribution in [3.63, 3.8) is 0 Å². The van der Waals surface area contributed by atoms with Crippen LogP contribution in [0, 0.1) is 0 Å². The van der Waals surface area contributed by atoms with Gasteiger partial charge >= 0.3 is 0 Å². The van der Waals surface area contributed by atoms with E-state index in [1.807, 2.05) is 6.07 Å². The largest absolute Gasteiger partial charge is 0.305 e. The van der Waals surface area contributed by atoms with E-state index in [0.29, 0.717) is 21.6 Å². The summed E-state index contributed by atoms with van der Waals surface area (Å²) >= 11 is 20.0. The molecule has 0 radical (unpaired) electrons. The number of hydrogen-bond donors (Lipinski definition) is 1. The zero-order valence-electron chi connectivity index (χ0n) is 9.71. The van der Waals surface area contributed by atoms with Crippen molar-refractivity contribution >= 4 is 46.1 Å². The first-order chi connectivity index (χ1) is 8.59. The Bertz CT molecular complexity index is 525. The summed E-state index contributed by atoms with van der Waals surface area (Å²) < 4.78 is 0. The Balaban J connectivity index is 2.09. The van der Waals surface area contributed by atoms with Gasteiger partial charge in [0.15, 0.2) is 0 Å². The van der Waals surface area contributed by atoms with Gasteiger partial charge in [-0.1, -0.05) is 40.9 Å². The summed E-state index contributed by atoms with van der Waals surface area (Å²) in [5.74, 6) is 0. The average molecular weight is 321 g/mol. The highest BCUT2D eigenvalue weighted by Gasteiger charge is 2.12. The van der Waals surface area contributed by atoms with E-state index in [1.165, 1.54) is 4.88 Å². The van der Waals surface area contributed by atoms with Crippen molar-refractivity contribution in [1.82, 2.24) is 5.32 Å². The van der Waals surface area contributed by atoms with Gasteiger partial charge in [-0.25, -0.2) is 0 Å². The standard InChI is InChI=1S/C13H12Cl3NS/c1-8(12-3-2-6-18-12)17-7-9-10(14)4-5-11(15)13(9)16/h2-6,8,17H,7H2,1H3/t8-/m0/s1. The second kappa shape index (κ2) is 6.27. The molecular weight excluding hydrogens is 309 g/mol. The molecule has 18 heavy (non-hydrogen) atoms. The van der Waals surface area contributed by atoms with E-state index < -0.39 is 0 Å². The van der Waals surface area contributed by atoms with Gasteiger partial charge in [-0.2, -0.15) is 0 Å². The monoisotopic (exact) mass is 319 g/mol. The van der Waals surface area contributed by atoms with Crippen molar-refractivity contribution in [3.8, 4) is 0 Å². The van der Waals surface area contributed by atoms with Crippen molar-refractivity contribution in [3.05, 3.63) is 55.2 Å². The molecule has 0 unspecified atom stereocenters. The normalized spacial score (nSPS) is 12.7. The Hall–Kier alpha value is -0.250. The molecule has 0 aliphatic rings. The number of hydrogen-bond acceptors (Lipinski definition) is 2. The van der Waals surface area contributed by atoms with Crippen molar-refractivity contribution in [1.29, 1.82) is 0 Å². The minimum atomic E-state index is 0.260. The van der Waals surface area contributed by atoms with Crippen LogP contribution in [0.2, 0.25) is 15.1 Å². The molecular formula is C13H12Cl3NS. The van der Waals surface area contributed by atoms with E-state index in [2.05, 4.69) is 23.7 Å². The molecule has 2 rings (SSSR count). The van der Waals surface area contributed by atoms with Gasteiger partial charge in [0.05, 0.1) is 10.0 Å². The Morgan fingerprint density at radius 1 is 1.17 bits per heavy atom. The lowest BCUT2D eigenvalue weighted by molar-refractivity contribution is 0.583. The van der Waals surface area contributed by atoms with E-state index in [1.54, 1.807) is 23.5 Å². The molecule has 0 saturated heterocycles. The summed E-state index contributed by atoms with van der Waals surface area (Å²) in [5, 5.41) is 7.14. The van der Waals surface area contributed by atoms with Crippen LogP contribution in [0.1, 0.15) is 23.4 Å². The Morgan fingerprint density at radius 2 is 1.89 bits per heavy atom. The summed E-state index contributed by atoms with van der Waals surface area (Å²) in [7, 11) is 0. The summed E-state index contributed by atoms with van der Waals surface area (Å²) in [6.07, 6.45) is 0. The molecule has 1 aromatic carbocycles. The third-order valence-electron chi connectivity index (χ3n) is 2.69. The van der Waals surface area contributed by atoms with E-state index >= 15 is 0 Å². The smallest absolute Gasteiger partial charge is 0.0652 e. The molecule has 1 nitrogen and oxygen atoms in total. The van der Waals surface area contributed by atoms with Crippen LogP contribution in [0.25, 0.3) is 0 Å². The second-order valence-electron chi connectivity index (χ2n) is 3.94. The molecule has 0 amide bonds. The SMILES string of the molecule is C[C@H](NCc1c(Cl)ccc(Cl)c1Cl)c1cccs1. The average Bonchev–Trinajstić information content (AvgIpc) is 2.87. The van der Waals surface area contributed by atoms with Gasteiger partial charge in [0, 0.05) is 28.0 Å². The molecule has 1 N–H and O–H groups in total. The lowest BCUT2D eigenvalue weighted by atomic mass is 10.2. The minimum absolute atomic E-state index is 0.260. The number of nitrogens with one attached hydrogen (secondary N) is 1. The van der Waals surface area contributed by atoms with Gasteiger partial charge in [-0.05, 0) is 30.5 Å². The van der Waals surface area contributed by atoms with E-state index in [4.69, 9.17) is 34.8 Å². The summed E-state index contributed by atoms with van der Waals surface area (Å²) in [5.41, 5.74) is 0.842. The first-order valence-electron chi connectivity index (χ1n) is 5.48. The molecule has 2 aromatic rings. The van der Waals surface area contributed by atoms with Crippen LogP contribution in [0.3, 0.4) is 0 Å². The molecule has 5 heteroatoms. The zero-order chi connectivity index (χ0) is 13.1. The number of halogens is 3. The first kappa shape index (κ1) is 14.2. The third kappa shape index (κ3) is 3.19. The minimum Gasteiger partial charge on any atom is -0.305 e. The molecule has 0 bridgehead atoms. The number of benzene rings is 1. The number of rotatable bonds is 4. The van der Waals surface area contributed by atoms with Crippen LogP contribution in [0.5, 0.6) is 0 Å². The van der Waals surface area contributed by atoms with Gasteiger partial charge in [-0.15, -0.1) is 11.3 Å². The quantitative estimate of drug-likeness (QED) is 0.727. The van der Waals surface area contributed by atoms with E-state index in [-0.39, 0.29) is 6.04 Å². The fraction of sp³-hybridized carbons (Fsp3) is 0.231. The number of thiophene rings is 1. The molecule has 1 atom stereocenters. The van der Waals surface area contributed by atoms with Gasteiger partial charge in [0.1, 0.15) is 0 Å². The van der Waals surface area contributed by atoms with Crippen LogP contribution in [-0.4, -0.2) is 0 Å². The van der Waals surface area contributed by atoms with Crippen molar-refractivity contribution in [2.24, 2.45) is 0 Å². The highest BCUT2D eigenvalue weighted by atomic mass is 35.5. The van der Waals surface area contributed by atoms with Gasteiger partial charge in [0.2, 0.25) is 0 Å². The van der Waals surface area contributed by atoms with Crippen LogP contribution in [-0.2, 0) is 6.54 Å². The third-order valence-corrected chi connectivity index (χ3v) is 4.95. The lowest BCUT2D eigenvalue weighted by Gasteiger charge is -2.14. The predicted octanol–water partition coefficient (Wildman–Crippen LogP) is 5.56. The van der Waals surface area contributed by atoms with Crippen LogP contribution in [0.15, 0.2) is 29.6 Å². The highest BCUT2D eigenvalue weighted by Crippen LogP contribution is 2.31. The van der Waals surface area contributed by atoms with Crippen LogP contribution >= 0.6 is 46.1 Å². The second-order valence-corrected chi connectivity index (χ2v) is 6.11. The molecule has 1 heterocycles. The summed E-state index contributed by atoms with van der Waals surface area (Å²) in [4.78, 5) is 1.28. The van der Waals surface area contributed by atoms with Gasteiger partial charge < -0.3 is 5.32 Å². The molecule has 96 valence electrons. The molecule has 0 saturated carbocycles. The van der Waals surface area contributed by atoms with Crippen molar-refractivity contribution < 1.29 is 0 Å². The molecule has 1 aromatic heterocycles. The molecule has 0 aliphatic carbocycles. The maximum absolute atomic E-state index is 6.15. The maximum atomic E-state index is 6.15. The Labute approximate surface area is 126 Å². The fourth-order valence-corrected chi connectivity index (χ4v) is 3.06. The highest BCUT2D eigenvalue weighted by molar-refractivity contribution is 7.10. The lowest BCUT2D eigenvalue weighted by Crippen LogP contribution is -2.17. The van der Waals surface area contributed by atoms with Crippen molar-refractivity contribution in [2.45, 2.75) is 19.5 Å². The summed E-state index contributed by atoms with van der Waals surface area (Å²) in [6.45, 7) is 2.70. The van der Waals surface area contributed by atoms with Gasteiger partial charge in [0.25, 0.3) is 0 Å². The Morgan fingerprint density at radius 3 is 2.56 bits per heavy atom. The zero-order valence-corrected chi connectivity index (χ0v) is 12.8. The fourth-order valence-electron chi connectivity index (χ4n) is 1.62. The van der Waals surface area contributed by atoms with E-state index in [0.717, 1.165) is 5.56 Å². The molecule has 0 spiro atoms. The topological polar surface area (TPSA) is 12.0 Å². The Kier molecular flexibility index (Phi) is 4.93. The van der Waals surface area contributed by atoms with Crippen LogP contribution in [0.4, 0.5) is 0 Å². The predicted molar refractivity (Wildman–Crippen MR) is 81.0 cm³/mol. The molecule has 0 aliphatic heterocycles. The first-order valence-corrected chi connectivity index (χ1v) is 7.50. The molecule has 0 fully saturated rings. The van der Waals surface area contributed by atoms with Gasteiger partial charge in [-0.3, -0.25) is 0 Å². The van der Waals surface area contributed by atoms with E-state index in [9.17, 15) is 0 Å². The summed E-state index contributed by atoms with van der Waals surface area (Å²) in [6, 6.07) is 7.87.